The minimum Gasteiger partial charge on any atom is -0.378 e. The van der Waals surface area contributed by atoms with Crippen LogP contribution in [0.25, 0.3) is 0 Å². The van der Waals surface area contributed by atoms with Crippen LogP contribution < -0.4 is 5.32 Å². The van der Waals surface area contributed by atoms with Crippen molar-refractivity contribution in [2.75, 3.05) is 18.1 Å². The molecular formula is C12H23NO2S. The zero-order valence-corrected chi connectivity index (χ0v) is 10.9. The third-order valence-electron chi connectivity index (χ3n) is 3.68. The number of hydrogen-bond acceptors (Lipinski definition) is 3. The Hall–Kier alpha value is 0.0700. The summed E-state index contributed by atoms with van der Waals surface area (Å²) in [5.41, 5.74) is 0. The maximum atomic E-state index is 11.3. The van der Waals surface area contributed by atoms with Crippen LogP contribution in [-0.4, -0.2) is 40.5 Å². The molecule has 2 aliphatic heterocycles. The van der Waals surface area contributed by atoms with Gasteiger partial charge in [-0.2, -0.15) is 0 Å². The van der Waals surface area contributed by atoms with Crippen LogP contribution in [0.4, 0.5) is 0 Å². The molecule has 2 heterocycles. The van der Waals surface area contributed by atoms with Crippen molar-refractivity contribution in [3.63, 3.8) is 0 Å². The predicted molar refractivity (Wildman–Crippen MR) is 67.1 cm³/mol. The highest BCUT2D eigenvalue weighted by molar-refractivity contribution is 7.85. The van der Waals surface area contributed by atoms with E-state index in [2.05, 4.69) is 12.2 Å². The molecule has 2 atom stereocenters. The van der Waals surface area contributed by atoms with Gasteiger partial charge in [-0.3, -0.25) is 4.21 Å². The maximum absolute atomic E-state index is 11.3. The van der Waals surface area contributed by atoms with E-state index in [0.29, 0.717) is 18.2 Å². The number of nitrogens with one attached hydrogen (secondary N) is 1. The first kappa shape index (κ1) is 12.5. The summed E-state index contributed by atoms with van der Waals surface area (Å²) in [7, 11) is -0.541. The van der Waals surface area contributed by atoms with Crippen molar-refractivity contribution in [3.05, 3.63) is 0 Å². The molecule has 0 bridgehead atoms. The summed E-state index contributed by atoms with van der Waals surface area (Å²) in [6.07, 6.45) is 6.02. The minimum atomic E-state index is -0.541. The summed E-state index contributed by atoms with van der Waals surface area (Å²) in [4.78, 5) is 0. The normalized spacial score (nSPS) is 40.8. The Morgan fingerprint density at radius 2 is 2.00 bits per heavy atom. The highest BCUT2D eigenvalue weighted by Gasteiger charge is 2.25. The molecule has 2 fully saturated rings. The molecule has 0 radical (unpaired) electrons. The van der Waals surface area contributed by atoms with Crippen LogP contribution in [0.1, 0.15) is 39.0 Å². The van der Waals surface area contributed by atoms with E-state index >= 15 is 0 Å². The number of ether oxygens (including phenoxy) is 1. The Kier molecular flexibility index (Phi) is 4.79. The van der Waals surface area contributed by atoms with Crippen molar-refractivity contribution >= 4 is 10.8 Å². The average molecular weight is 245 g/mol. The van der Waals surface area contributed by atoms with E-state index < -0.39 is 10.8 Å². The van der Waals surface area contributed by atoms with Crippen LogP contribution in [0.15, 0.2) is 0 Å². The first-order chi connectivity index (χ1) is 7.78. The lowest BCUT2D eigenvalue weighted by Gasteiger charge is -2.33. The smallest absolute Gasteiger partial charge is 0.0587 e. The van der Waals surface area contributed by atoms with E-state index in [-0.39, 0.29) is 0 Å². The summed E-state index contributed by atoms with van der Waals surface area (Å²) in [6, 6.07) is 1.22. The van der Waals surface area contributed by atoms with Gasteiger partial charge in [0.1, 0.15) is 0 Å². The lowest BCUT2D eigenvalue weighted by molar-refractivity contribution is -0.00212. The standard InChI is InChI=1S/C12H23NO2S/c1-2-12-9-11(3-6-15-12)13-10-4-7-16(14)8-5-10/h10-13H,2-9H2,1H3. The molecule has 0 spiro atoms. The molecule has 0 aromatic heterocycles. The Balaban J connectivity index is 1.74. The summed E-state index contributed by atoms with van der Waals surface area (Å²) in [5.74, 6) is 1.77. The van der Waals surface area contributed by atoms with Gasteiger partial charge in [-0.05, 0) is 32.1 Å². The first-order valence-corrected chi connectivity index (χ1v) is 7.99. The molecular weight excluding hydrogens is 222 g/mol. The molecule has 2 rings (SSSR count). The summed E-state index contributed by atoms with van der Waals surface area (Å²) in [6.45, 7) is 3.09. The van der Waals surface area contributed by atoms with E-state index in [0.717, 1.165) is 50.2 Å². The van der Waals surface area contributed by atoms with Gasteiger partial charge in [0.2, 0.25) is 0 Å². The summed E-state index contributed by atoms with van der Waals surface area (Å²) >= 11 is 0. The van der Waals surface area contributed by atoms with Crippen LogP contribution in [-0.2, 0) is 15.5 Å². The fourth-order valence-corrected chi connectivity index (χ4v) is 3.91. The molecule has 2 unspecified atom stereocenters. The molecule has 0 saturated carbocycles. The lowest BCUT2D eigenvalue weighted by atomic mass is 9.99. The zero-order chi connectivity index (χ0) is 11.4. The van der Waals surface area contributed by atoms with Crippen molar-refractivity contribution in [3.8, 4) is 0 Å². The Morgan fingerprint density at radius 3 is 2.69 bits per heavy atom. The van der Waals surface area contributed by atoms with Crippen molar-refractivity contribution < 1.29 is 8.95 Å². The quantitative estimate of drug-likeness (QED) is 0.818. The zero-order valence-electron chi connectivity index (χ0n) is 10.1. The van der Waals surface area contributed by atoms with Crippen LogP contribution >= 0.6 is 0 Å². The molecule has 3 nitrogen and oxygen atoms in total. The molecule has 16 heavy (non-hydrogen) atoms. The van der Waals surface area contributed by atoms with Gasteiger partial charge in [0, 0.05) is 41.0 Å². The van der Waals surface area contributed by atoms with E-state index in [1.807, 2.05) is 0 Å². The van der Waals surface area contributed by atoms with Gasteiger partial charge < -0.3 is 10.1 Å². The van der Waals surface area contributed by atoms with Crippen LogP contribution in [0.5, 0.6) is 0 Å². The van der Waals surface area contributed by atoms with Gasteiger partial charge in [0.05, 0.1) is 6.10 Å². The molecule has 0 aromatic rings. The topological polar surface area (TPSA) is 38.3 Å². The Labute approximate surface area is 101 Å². The van der Waals surface area contributed by atoms with Gasteiger partial charge in [-0.25, -0.2) is 0 Å². The second kappa shape index (κ2) is 6.12. The monoisotopic (exact) mass is 245 g/mol. The van der Waals surface area contributed by atoms with E-state index in [4.69, 9.17) is 4.74 Å². The Bertz CT molecular complexity index is 237. The highest BCUT2D eigenvalue weighted by Crippen LogP contribution is 2.19. The van der Waals surface area contributed by atoms with Gasteiger partial charge in [-0.15, -0.1) is 0 Å². The average Bonchev–Trinajstić information content (AvgIpc) is 2.32. The predicted octanol–water partition coefficient (Wildman–Crippen LogP) is 1.44. The molecule has 94 valence electrons. The van der Waals surface area contributed by atoms with Crippen molar-refractivity contribution in [2.45, 2.75) is 57.2 Å². The van der Waals surface area contributed by atoms with Crippen LogP contribution in [0.3, 0.4) is 0 Å². The van der Waals surface area contributed by atoms with E-state index in [9.17, 15) is 4.21 Å². The summed E-state index contributed by atoms with van der Waals surface area (Å²) in [5, 5.41) is 3.73. The summed E-state index contributed by atoms with van der Waals surface area (Å²) < 4.78 is 16.9. The van der Waals surface area contributed by atoms with Gasteiger partial charge in [0.25, 0.3) is 0 Å². The molecule has 2 aliphatic rings. The maximum Gasteiger partial charge on any atom is 0.0587 e. The highest BCUT2D eigenvalue weighted by atomic mass is 32.2. The first-order valence-electron chi connectivity index (χ1n) is 6.50. The molecule has 0 amide bonds. The Morgan fingerprint density at radius 1 is 1.25 bits per heavy atom. The second-order valence-corrected chi connectivity index (χ2v) is 6.61. The fourth-order valence-electron chi connectivity index (χ4n) is 2.61. The third kappa shape index (κ3) is 3.54. The number of rotatable bonds is 3. The third-order valence-corrected chi connectivity index (χ3v) is 5.06. The molecule has 0 aromatic carbocycles. The van der Waals surface area contributed by atoms with Crippen molar-refractivity contribution in [2.24, 2.45) is 0 Å². The van der Waals surface area contributed by atoms with Crippen LogP contribution in [0, 0.1) is 0 Å². The SMILES string of the molecule is CCC1CC(NC2CCS(=O)CC2)CCO1. The van der Waals surface area contributed by atoms with Crippen molar-refractivity contribution in [1.82, 2.24) is 5.32 Å². The van der Waals surface area contributed by atoms with Gasteiger partial charge in [0.15, 0.2) is 0 Å². The lowest BCUT2D eigenvalue weighted by Crippen LogP contribution is -2.46. The fraction of sp³-hybridized carbons (Fsp3) is 1.00. The molecule has 0 aliphatic carbocycles. The van der Waals surface area contributed by atoms with Gasteiger partial charge >= 0.3 is 0 Å². The molecule has 1 N–H and O–H groups in total. The minimum absolute atomic E-state index is 0.448. The van der Waals surface area contributed by atoms with E-state index in [1.165, 1.54) is 0 Å². The van der Waals surface area contributed by atoms with E-state index in [1.54, 1.807) is 0 Å². The largest absolute Gasteiger partial charge is 0.378 e. The van der Waals surface area contributed by atoms with Gasteiger partial charge in [-0.1, -0.05) is 6.92 Å². The molecule has 2 saturated heterocycles. The molecule has 4 heteroatoms. The van der Waals surface area contributed by atoms with Crippen LogP contribution in [0.2, 0.25) is 0 Å². The van der Waals surface area contributed by atoms with Crippen molar-refractivity contribution in [1.29, 1.82) is 0 Å². The second-order valence-electron chi connectivity index (χ2n) is 4.91. The number of hydrogen-bond donors (Lipinski definition) is 1.